The Morgan fingerprint density at radius 1 is 1.67 bits per heavy atom. The summed E-state index contributed by atoms with van der Waals surface area (Å²) < 4.78 is 18.4. The highest BCUT2D eigenvalue weighted by molar-refractivity contribution is 7.20. The zero-order chi connectivity index (χ0) is 11.4. The van der Waals surface area contributed by atoms with Crippen LogP contribution in [0.15, 0.2) is 11.9 Å². The van der Waals surface area contributed by atoms with E-state index in [0.29, 0.717) is 14.2 Å². The summed E-state index contributed by atoms with van der Waals surface area (Å²) in [6, 6.07) is 1.48. The minimum atomic E-state index is -1.00. The lowest BCUT2D eigenvalue weighted by Gasteiger charge is -1.97. The zero-order valence-corrected chi connectivity index (χ0v) is 10.0. The summed E-state index contributed by atoms with van der Waals surface area (Å²) in [6.07, 6.45) is 1.00. The fourth-order valence-corrected chi connectivity index (χ4v) is 2.27. The molecule has 0 fully saturated rings. The topological polar surface area (TPSA) is 26.3 Å². The van der Waals surface area contributed by atoms with Gasteiger partial charge in [0.1, 0.15) is 4.34 Å². The number of rotatable bonds is 3. The van der Waals surface area contributed by atoms with Crippen LogP contribution < -0.4 is 0 Å². The molecule has 6 heteroatoms. The van der Waals surface area contributed by atoms with E-state index in [4.69, 9.17) is 23.2 Å². The predicted molar refractivity (Wildman–Crippen MR) is 60.1 cm³/mol. The molecule has 0 unspecified atom stereocenters. The highest BCUT2D eigenvalue weighted by Gasteiger charge is 2.12. The molecule has 82 valence electrons. The van der Waals surface area contributed by atoms with E-state index in [1.807, 2.05) is 0 Å². The summed E-state index contributed by atoms with van der Waals surface area (Å²) in [5, 5.41) is 0. The van der Waals surface area contributed by atoms with Crippen LogP contribution in [0.3, 0.4) is 0 Å². The van der Waals surface area contributed by atoms with Gasteiger partial charge in [-0.15, -0.1) is 11.3 Å². The molecule has 0 amide bonds. The number of thiophene rings is 1. The summed E-state index contributed by atoms with van der Waals surface area (Å²) >= 11 is 12.5. The largest absolute Gasteiger partial charge is 0.461 e. The van der Waals surface area contributed by atoms with Gasteiger partial charge in [-0.1, -0.05) is 23.2 Å². The van der Waals surface area contributed by atoms with Crippen LogP contribution in [0.5, 0.6) is 0 Å². The maximum absolute atomic E-state index is 13.1. The molecule has 0 atom stereocenters. The van der Waals surface area contributed by atoms with Gasteiger partial charge in [-0.25, -0.2) is 4.79 Å². The molecule has 0 aromatic carbocycles. The molecule has 0 aliphatic rings. The van der Waals surface area contributed by atoms with E-state index >= 15 is 0 Å². The first kappa shape index (κ1) is 12.5. The molecule has 0 spiro atoms. The normalized spacial score (nSPS) is 11.6. The average Bonchev–Trinajstić information content (AvgIpc) is 2.45. The first-order valence-corrected chi connectivity index (χ1v) is 5.61. The van der Waals surface area contributed by atoms with Crippen molar-refractivity contribution in [3.05, 3.63) is 26.1 Å². The maximum atomic E-state index is 13.1. The number of hydrogen-bond acceptors (Lipinski definition) is 3. The molecule has 1 heterocycles. The van der Waals surface area contributed by atoms with Gasteiger partial charge in [0.05, 0.1) is 10.9 Å². The molecule has 1 aromatic rings. The van der Waals surface area contributed by atoms with Crippen molar-refractivity contribution in [2.24, 2.45) is 0 Å². The number of carbonyl (C=O) groups excluding carboxylic acids is 1. The number of hydrogen-bond donors (Lipinski definition) is 0. The average molecular weight is 269 g/mol. The van der Waals surface area contributed by atoms with Crippen molar-refractivity contribution in [3.63, 3.8) is 0 Å². The first-order valence-electron chi connectivity index (χ1n) is 4.03. The summed E-state index contributed by atoms with van der Waals surface area (Å²) in [5.74, 6) is -2.00. The van der Waals surface area contributed by atoms with Gasteiger partial charge in [-0.2, -0.15) is 4.39 Å². The van der Waals surface area contributed by atoms with Crippen LogP contribution in [0.1, 0.15) is 12.5 Å². The highest BCUT2D eigenvalue weighted by atomic mass is 35.5. The zero-order valence-electron chi connectivity index (χ0n) is 7.72. The van der Waals surface area contributed by atoms with Crippen LogP contribution in [-0.4, -0.2) is 12.6 Å². The van der Waals surface area contributed by atoms with E-state index in [-0.39, 0.29) is 6.61 Å². The van der Waals surface area contributed by atoms with Gasteiger partial charge in [0.15, 0.2) is 0 Å². The fourth-order valence-electron chi connectivity index (χ4n) is 0.847. The minimum Gasteiger partial charge on any atom is -0.461 e. The lowest BCUT2D eigenvalue weighted by atomic mass is 10.3. The number of esters is 1. The molecule has 1 aromatic heterocycles. The lowest BCUT2D eigenvalue weighted by Crippen LogP contribution is -2.03. The third kappa shape index (κ3) is 3.48. The summed E-state index contributed by atoms with van der Waals surface area (Å²) in [4.78, 5) is 10.9. The van der Waals surface area contributed by atoms with Gasteiger partial charge in [0.2, 0.25) is 5.83 Å². The van der Waals surface area contributed by atoms with Crippen LogP contribution in [0.25, 0.3) is 6.08 Å². The second-order valence-corrected chi connectivity index (χ2v) is 4.78. The summed E-state index contributed by atoms with van der Waals surface area (Å²) in [5.41, 5.74) is 0.372. The summed E-state index contributed by atoms with van der Waals surface area (Å²) in [7, 11) is 0. The molecule has 1 rings (SSSR count). The van der Waals surface area contributed by atoms with E-state index < -0.39 is 11.8 Å². The molecule has 0 radical (unpaired) electrons. The molecule has 0 saturated carbocycles. The Bertz CT molecular complexity index is 401. The van der Waals surface area contributed by atoms with E-state index in [1.165, 1.54) is 6.07 Å². The molecule has 15 heavy (non-hydrogen) atoms. The minimum absolute atomic E-state index is 0.123. The molecule has 0 aliphatic carbocycles. The van der Waals surface area contributed by atoms with Gasteiger partial charge in [-0.3, -0.25) is 0 Å². The monoisotopic (exact) mass is 268 g/mol. The quantitative estimate of drug-likeness (QED) is 0.614. The number of carbonyl (C=O) groups is 1. The molecule has 0 saturated heterocycles. The van der Waals surface area contributed by atoms with Gasteiger partial charge >= 0.3 is 5.97 Å². The fraction of sp³-hybridized carbons (Fsp3) is 0.222. The molecular formula is C9H7Cl2FO2S. The molecule has 0 aliphatic heterocycles. The highest BCUT2D eigenvalue weighted by Crippen LogP contribution is 2.32. The SMILES string of the molecule is CCOC(=O)/C(F)=C/c1cc(Cl)sc1Cl. The molecule has 0 N–H and O–H groups in total. The Hall–Kier alpha value is -0.580. The Morgan fingerprint density at radius 2 is 2.33 bits per heavy atom. The second kappa shape index (κ2) is 5.49. The number of ether oxygens (including phenoxy) is 1. The molecular weight excluding hydrogens is 262 g/mol. The van der Waals surface area contributed by atoms with Crippen LogP contribution in [0.2, 0.25) is 8.67 Å². The molecule has 2 nitrogen and oxygen atoms in total. The van der Waals surface area contributed by atoms with Crippen molar-refractivity contribution < 1.29 is 13.9 Å². The third-order valence-electron chi connectivity index (χ3n) is 1.44. The maximum Gasteiger partial charge on any atom is 0.367 e. The smallest absolute Gasteiger partial charge is 0.367 e. The van der Waals surface area contributed by atoms with Crippen molar-refractivity contribution in [3.8, 4) is 0 Å². The third-order valence-corrected chi connectivity index (χ3v) is 2.95. The van der Waals surface area contributed by atoms with E-state index in [9.17, 15) is 9.18 Å². The van der Waals surface area contributed by atoms with Crippen molar-refractivity contribution in [2.75, 3.05) is 6.61 Å². The van der Waals surface area contributed by atoms with Crippen molar-refractivity contribution >= 4 is 46.6 Å². The van der Waals surface area contributed by atoms with Crippen LogP contribution in [0.4, 0.5) is 4.39 Å². The predicted octanol–water partition coefficient (Wildman–Crippen LogP) is 3.93. The van der Waals surface area contributed by atoms with E-state index in [0.717, 1.165) is 17.4 Å². The van der Waals surface area contributed by atoms with E-state index in [1.54, 1.807) is 6.92 Å². The van der Waals surface area contributed by atoms with Crippen molar-refractivity contribution in [1.82, 2.24) is 0 Å². The van der Waals surface area contributed by atoms with Gasteiger partial charge < -0.3 is 4.74 Å². The van der Waals surface area contributed by atoms with Crippen LogP contribution in [0, 0.1) is 0 Å². The van der Waals surface area contributed by atoms with Crippen LogP contribution >= 0.6 is 34.5 Å². The van der Waals surface area contributed by atoms with Gasteiger partial charge in [0.25, 0.3) is 0 Å². The van der Waals surface area contributed by atoms with E-state index in [2.05, 4.69) is 4.74 Å². The molecule has 0 bridgehead atoms. The lowest BCUT2D eigenvalue weighted by molar-refractivity contribution is -0.140. The Labute approximate surface area is 100 Å². The van der Waals surface area contributed by atoms with Crippen molar-refractivity contribution in [2.45, 2.75) is 6.92 Å². The van der Waals surface area contributed by atoms with Crippen LogP contribution in [-0.2, 0) is 9.53 Å². The van der Waals surface area contributed by atoms with Crippen molar-refractivity contribution in [1.29, 1.82) is 0 Å². The summed E-state index contributed by atoms with van der Waals surface area (Å²) in [6.45, 7) is 1.72. The Balaban J connectivity index is 2.87. The Kier molecular flexibility index (Phi) is 4.57. The first-order chi connectivity index (χ1) is 7.04. The van der Waals surface area contributed by atoms with Gasteiger partial charge in [-0.05, 0) is 19.1 Å². The van der Waals surface area contributed by atoms with Gasteiger partial charge in [0, 0.05) is 5.56 Å². The second-order valence-electron chi connectivity index (χ2n) is 2.49. The Morgan fingerprint density at radius 3 is 2.80 bits per heavy atom. The number of halogens is 3. The standard InChI is InChI=1S/C9H7Cl2FO2S/c1-2-14-9(13)6(12)3-5-4-7(10)15-8(5)11/h3-4H,2H2,1H3/b6-3-.